The second-order valence-corrected chi connectivity index (χ2v) is 12.3. The van der Waals surface area contributed by atoms with E-state index >= 15 is 0 Å². The fourth-order valence-corrected chi connectivity index (χ4v) is 6.92. The summed E-state index contributed by atoms with van der Waals surface area (Å²) >= 11 is 0. The first kappa shape index (κ1) is 32.1. The molecule has 0 radical (unpaired) electrons. The topological polar surface area (TPSA) is 50.9 Å². The summed E-state index contributed by atoms with van der Waals surface area (Å²) < 4.78 is 2.34. The van der Waals surface area contributed by atoms with E-state index in [1.165, 1.54) is 16.3 Å². The Balaban J connectivity index is 0.00000374. The predicted octanol–water partition coefficient (Wildman–Crippen LogP) is 11.4. The van der Waals surface area contributed by atoms with Crippen LogP contribution >= 0.6 is 0 Å². The Morgan fingerprint density at radius 3 is 1.94 bits per heavy atom. The van der Waals surface area contributed by atoms with Crippen molar-refractivity contribution in [2.45, 2.75) is 0 Å². The molecule has 3 aromatic heterocycles. The number of benzene rings is 6. The average Bonchev–Trinajstić information content (AvgIpc) is 3.53. The van der Waals surface area contributed by atoms with Gasteiger partial charge in [-0.1, -0.05) is 114 Å². The van der Waals surface area contributed by atoms with Crippen molar-refractivity contribution in [3.63, 3.8) is 0 Å². The third-order valence-electron chi connectivity index (χ3n) is 9.24. The molecule has 5 heteroatoms. The van der Waals surface area contributed by atoms with Gasteiger partial charge in [0.1, 0.15) is 5.75 Å². The summed E-state index contributed by atoms with van der Waals surface area (Å²) in [6, 6.07) is 61.3. The van der Waals surface area contributed by atoms with E-state index in [0.29, 0.717) is 11.3 Å². The molecule has 0 saturated carbocycles. The maximum atomic E-state index is 10.7. The molecule has 246 valence electrons. The molecule has 0 saturated heterocycles. The Morgan fingerprint density at radius 1 is 0.490 bits per heavy atom. The summed E-state index contributed by atoms with van der Waals surface area (Å²) in [5.74, 6) is 0.191. The van der Waals surface area contributed by atoms with Crippen LogP contribution in [-0.2, 0) is 21.1 Å². The minimum Gasteiger partial charge on any atom is -0.507 e. The molecule has 0 fully saturated rings. The van der Waals surface area contributed by atoms with Gasteiger partial charge in [-0.3, -0.25) is 9.97 Å². The molecule has 0 spiro atoms. The van der Waals surface area contributed by atoms with Crippen LogP contribution in [0, 0.1) is 6.07 Å². The Hall–Kier alpha value is -6.09. The SMILES string of the molecule is Oc1ccccc1-c1cc(-c2ccccc2)cc(-c2[c-]c(-c3cc(-c4cccc5c4c4ccccc4n5-c4ccccc4)ccn3)ccc2)n1.[Pt]. The van der Waals surface area contributed by atoms with Crippen molar-refractivity contribution < 1.29 is 26.2 Å². The van der Waals surface area contributed by atoms with Crippen LogP contribution in [0.2, 0.25) is 0 Å². The smallest absolute Gasteiger partial charge is 0.124 e. The third-order valence-corrected chi connectivity index (χ3v) is 9.24. The molecular weight excluding hydrogens is 806 g/mol. The normalized spacial score (nSPS) is 11.1. The molecule has 3 heterocycles. The summed E-state index contributed by atoms with van der Waals surface area (Å²) in [5.41, 5.74) is 12.5. The number of rotatable bonds is 6. The van der Waals surface area contributed by atoms with Crippen molar-refractivity contribution in [2.24, 2.45) is 0 Å². The number of aromatic nitrogens is 3. The van der Waals surface area contributed by atoms with Crippen LogP contribution in [-0.4, -0.2) is 19.6 Å². The number of phenolic OH excluding ortho intramolecular Hbond substituents is 1. The van der Waals surface area contributed by atoms with E-state index in [-0.39, 0.29) is 26.8 Å². The Bertz CT molecular complexity index is 2670. The molecule has 9 aromatic rings. The van der Waals surface area contributed by atoms with Crippen LogP contribution in [0.4, 0.5) is 0 Å². The Labute approximate surface area is 310 Å². The number of pyridine rings is 2. The van der Waals surface area contributed by atoms with Crippen molar-refractivity contribution in [2.75, 3.05) is 0 Å². The van der Waals surface area contributed by atoms with Crippen molar-refractivity contribution in [3.8, 4) is 67.5 Å². The minimum atomic E-state index is 0. The molecule has 0 aliphatic carbocycles. The summed E-state index contributed by atoms with van der Waals surface area (Å²) in [5, 5.41) is 13.1. The van der Waals surface area contributed by atoms with Gasteiger partial charge in [-0.15, -0.1) is 24.3 Å². The maximum Gasteiger partial charge on any atom is 0.124 e. The molecule has 6 aromatic carbocycles. The first-order valence-corrected chi connectivity index (χ1v) is 16.6. The molecular formula is C46H30N3OPt-. The molecule has 0 aliphatic heterocycles. The largest absolute Gasteiger partial charge is 0.507 e. The van der Waals surface area contributed by atoms with Gasteiger partial charge in [-0.05, 0) is 70.8 Å². The molecule has 0 amide bonds. The molecule has 0 aliphatic rings. The van der Waals surface area contributed by atoms with Crippen LogP contribution in [0.1, 0.15) is 0 Å². The van der Waals surface area contributed by atoms with Crippen LogP contribution < -0.4 is 0 Å². The van der Waals surface area contributed by atoms with Crippen LogP contribution in [0.5, 0.6) is 5.75 Å². The van der Waals surface area contributed by atoms with Crippen LogP contribution in [0.15, 0.2) is 176 Å². The minimum absolute atomic E-state index is 0. The van der Waals surface area contributed by atoms with Crippen molar-refractivity contribution in [1.82, 2.24) is 14.5 Å². The quantitative estimate of drug-likeness (QED) is 0.170. The second-order valence-electron chi connectivity index (χ2n) is 12.3. The summed E-state index contributed by atoms with van der Waals surface area (Å²) in [7, 11) is 0. The first-order valence-electron chi connectivity index (χ1n) is 16.6. The monoisotopic (exact) mass is 835 g/mol. The summed E-state index contributed by atoms with van der Waals surface area (Å²) in [4.78, 5) is 9.85. The number of phenols is 1. The van der Waals surface area contributed by atoms with Gasteiger partial charge >= 0.3 is 0 Å². The fraction of sp³-hybridized carbons (Fsp3) is 0. The van der Waals surface area contributed by atoms with Gasteiger partial charge in [-0.25, -0.2) is 0 Å². The standard InChI is InChI=1S/C46H30N3O.Pt/c50-45-24-10-8-19-38(45)42-30-35(31-13-3-1-4-14-31)29-41(48-42)34-16-11-15-33(27-34)40-28-32(25-26-47-40)37-21-12-23-44-46(37)39-20-7-9-22-43(39)49(44)36-17-5-2-6-18-36;/h1-26,28-30,50H;/q-1;. The van der Waals surface area contributed by atoms with Crippen molar-refractivity contribution >= 4 is 21.8 Å². The average molecular weight is 836 g/mol. The van der Waals surface area contributed by atoms with Gasteiger partial charge in [0.05, 0.1) is 16.7 Å². The molecule has 1 N–H and O–H groups in total. The number of aromatic hydroxyl groups is 1. The summed E-state index contributed by atoms with van der Waals surface area (Å²) in [6.45, 7) is 0. The van der Waals surface area contributed by atoms with E-state index in [9.17, 15) is 5.11 Å². The Kier molecular flexibility index (Phi) is 8.61. The second kappa shape index (κ2) is 13.7. The third kappa shape index (κ3) is 5.94. The van der Waals surface area contributed by atoms with E-state index in [1.807, 2.05) is 66.9 Å². The van der Waals surface area contributed by atoms with Crippen molar-refractivity contribution in [1.29, 1.82) is 0 Å². The molecule has 0 atom stereocenters. The van der Waals surface area contributed by atoms with Crippen LogP contribution in [0.3, 0.4) is 0 Å². The van der Waals surface area contributed by atoms with Crippen molar-refractivity contribution in [3.05, 3.63) is 182 Å². The van der Waals surface area contributed by atoms with Gasteiger partial charge in [0.2, 0.25) is 0 Å². The first-order chi connectivity index (χ1) is 24.7. The van der Waals surface area contributed by atoms with E-state index < -0.39 is 0 Å². The van der Waals surface area contributed by atoms with Gasteiger partial charge in [0, 0.05) is 60.7 Å². The number of para-hydroxylation sites is 3. The van der Waals surface area contributed by atoms with Gasteiger partial charge in [-0.2, -0.15) is 0 Å². The van der Waals surface area contributed by atoms with E-state index in [4.69, 9.17) is 9.97 Å². The maximum absolute atomic E-state index is 10.7. The van der Waals surface area contributed by atoms with E-state index in [0.717, 1.165) is 56.0 Å². The molecule has 0 unspecified atom stereocenters. The Morgan fingerprint density at radius 2 is 1.12 bits per heavy atom. The molecule has 4 nitrogen and oxygen atoms in total. The van der Waals surface area contributed by atoms with Gasteiger partial charge in [0.15, 0.2) is 0 Å². The number of hydrogen-bond donors (Lipinski definition) is 1. The fourth-order valence-electron chi connectivity index (χ4n) is 6.92. The number of fused-ring (bicyclic) bond motifs is 3. The van der Waals surface area contributed by atoms with Gasteiger partial charge in [0.25, 0.3) is 0 Å². The number of hydrogen-bond acceptors (Lipinski definition) is 3. The molecule has 9 rings (SSSR count). The molecule has 0 bridgehead atoms. The van der Waals surface area contributed by atoms with E-state index in [2.05, 4.69) is 114 Å². The predicted molar refractivity (Wildman–Crippen MR) is 204 cm³/mol. The van der Waals surface area contributed by atoms with Gasteiger partial charge < -0.3 is 9.67 Å². The number of nitrogens with zero attached hydrogens (tertiary/aromatic N) is 3. The zero-order chi connectivity index (χ0) is 33.4. The zero-order valence-corrected chi connectivity index (χ0v) is 29.6. The summed E-state index contributed by atoms with van der Waals surface area (Å²) in [6.07, 6.45) is 1.88. The zero-order valence-electron chi connectivity index (χ0n) is 27.3. The van der Waals surface area contributed by atoms with E-state index in [1.54, 1.807) is 6.07 Å². The molecule has 51 heavy (non-hydrogen) atoms. The van der Waals surface area contributed by atoms with Crippen LogP contribution in [0.25, 0.3) is 83.5 Å².